The second-order valence-electron chi connectivity index (χ2n) is 6.00. The predicted molar refractivity (Wildman–Crippen MR) is 83.1 cm³/mol. The fraction of sp³-hybridized carbons (Fsp3) is 0.467. The van der Waals surface area contributed by atoms with Crippen LogP contribution in [0.2, 0.25) is 19.6 Å². The van der Waals surface area contributed by atoms with Crippen molar-refractivity contribution in [2.75, 3.05) is 0 Å². The Balaban J connectivity index is 0.00000200. The molecule has 0 radical (unpaired) electrons. The average molecular weight is 396 g/mol. The van der Waals surface area contributed by atoms with Gasteiger partial charge in [-0.1, -0.05) is 0 Å². The minimum atomic E-state index is -1.59. The summed E-state index contributed by atoms with van der Waals surface area (Å²) in [5, 5.41) is 0. The molecule has 0 fully saturated rings. The molecule has 0 heterocycles. The van der Waals surface area contributed by atoms with E-state index < -0.39 is 8.32 Å². The van der Waals surface area contributed by atoms with E-state index in [1.807, 2.05) is 11.8 Å². The molecule has 0 bridgehead atoms. The number of rotatable bonds is 4. The van der Waals surface area contributed by atoms with Gasteiger partial charge in [0.15, 0.2) is 0 Å². The van der Waals surface area contributed by atoms with E-state index in [0.29, 0.717) is 0 Å². The van der Waals surface area contributed by atoms with Gasteiger partial charge in [0.1, 0.15) is 0 Å². The van der Waals surface area contributed by atoms with Crippen LogP contribution in [0.25, 0.3) is 0 Å². The maximum atomic E-state index is 6.60. The van der Waals surface area contributed by atoms with Crippen LogP contribution in [0.4, 0.5) is 0 Å². The molecule has 1 nitrogen and oxygen atoms in total. The second kappa shape index (κ2) is 8.58. The molecule has 0 aromatic rings. The molecule has 0 N–H and O–H groups in total. The maximum Gasteiger partial charge on any atom is -1.00 e. The van der Waals surface area contributed by atoms with E-state index in [2.05, 4.69) is 77.4 Å². The summed E-state index contributed by atoms with van der Waals surface area (Å²) >= 11 is 4.13. The third-order valence-corrected chi connectivity index (χ3v) is 6.74. The summed E-state index contributed by atoms with van der Waals surface area (Å²) in [7, 11) is -1.59. The maximum absolute atomic E-state index is 6.60. The Morgan fingerprint density at radius 3 is 2.38 bits per heavy atom. The first-order valence-corrected chi connectivity index (χ1v) is 11.7. The molecule has 2 aliphatic carbocycles. The molecule has 1 atom stereocenters. The van der Waals surface area contributed by atoms with Crippen molar-refractivity contribution in [3.05, 3.63) is 44.7 Å². The van der Waals surface area contributed by atoms with Gasteiger partial charge in [0.2, 0.25) is 0 Å². The minimum absolute atomic E-state index is 0. The summed E-state index contributed by atoms with van der Waals surface area (Å²) < 4.78 is 8.07. The SMILES string of the molecule is CC1=CC=CCC1(O[Si](C)(C)C)SC1=[C]([Ti+2])CC=C1.[Cl-].[Cl-]. The van der Waals surface area contributed by atoms with Crippen LogP contribution in [0, 0.1) is 0 Å². The van der Waals surface area contributed by atoms with Crippen LogP contribution >= 0.6 is 11.8 Å². The molecule has 2 aliphatic rings. The molecule has 1 unspecified atom stereocenters. The Bertz CT molecular complexity index is 494. The molecule has 0 spiro atoms. The van der Waals surface area contributed by atoms with E-state index in [0.717, 1.165) is 12.8 Å². The summed E-state index contributed by atoms with van der Waals surface area (Å²) in [4.78, 5) is 1.20. The topological polar surface area (TPSA) is 9.23 Å². The van der Waals surface area contributed by atoms with Crippen molar-refractivity contribution in [2.24, 2.45) is 0 Å². The van der Waals surface area contributed by atoms with Crippen LogP contribution in [0.5, 0.6) is 0 Å². The molecule has 0 saturated carbocycles. The monoisotopic (exact) mass is 395 g/mol. The van der Waals surface area contributed by atoms with Crippen LogP contribution in [-0.2, 0) is 24.9 Å². The average Bonchev–Trinajstić information content (AvgIpc) is 2.67. The van der Waals surface area contributed by atoms with Crippen LogP contribution in [0.3, 0.4) is 0 Å². The molecule has 0 aromatic carbocycles. The first-order chi connectivity index (χ1) is 8.82. The first-order valence-electron chi connectivity index (χ1n) is 6.67. The molecule has 0 saturated heterocycles. The fourth-order valence-electron chi connectivity index (χ4n) is 2.24. The summed E-state index contributed by atoms with van der Waals surface area (Å²) in [6.45, 7) is 9.01. The Kier molecular flexibility index (Phi) is 8.90. The van der Waals surface area contributed by atoms with Crippen molar-refractivity contribution in [2.45, 2.75) is 44.3 Å². The zero-order chi connectivity index (χ0) is 14.1. The number of allylic oxidation sites excluding steroid dienone is 5. The molecule has 2 rings (SSSR count). The molecular formula is C15H21Cl2OSSiTi. The van der Waals surface area contributed by atoms with Crippen molar-refractivity contribution in [3.8, 4) is 0 Å². The summed E-state index contributed by atoms with van der Waals surface area (Å²) in [5.41, 5.74) is 1.34. The Labute approximate surface area is 158 Å². The van der Waals surface area contributed by atoms with Gasteiger partial charge in [0.05, 0.1) is 0 Å². The molecule has 115 valence electrons. The predicted octanol–water partition coefficient (Wildman–Crippen LogP) is -1.10. The van der Waals surface area contributed by atoms with Gasteiger partial charge in [0, 0.05) is 0 Å². The summed E-state index contributed by atoms with van der Waals surface area (Å²) in [5.74, 6) is 0. The summed E-state index contributed by atoms with van der Waals surface area (Å²) in [6, 6.07) is 0. The quantitative estimate of drug-likeness (QED) is 0.441. The van der Waals surface area contributed by atoms with Gasteiger partial charge in [-0.2, -0.15) is 0 Å². The second-order valence-corrected chi connectivity index (χ2v) is 12.7. The fourth-order valence-corrected chi connectivity index (χ4v) is 6.08. The first kappa shape index (κ1) is 21.8. The van der Waals surface area contributed by atoms with E-state index in [-0.39, 0.29) is 29.7 Å². The van der Waals surface area contributed by atoms with Crippen molar-refractivity contribution in [3.63, 3.8) is 0 Å². The molecular weight excluding hydrogens is 375 g/mol. The van der Waals surface area contributed by atoms with Gasteiger partial charge in [-0.3, -0.25) is 0 Å². The number of hydrogen-bond acceptors (Lipinski definition) is 2. The third-order valence-electron chi connectivity index (χ3n) is 3.10. The van der Waals surface area contributed by atoms with Gasteiger partial charge in [-0.25, -0.2) is 0 Å². The molecule has 0 aliphatic heterocycles. The number of thioether (sulfide) groups is 1. The normalized spacial score (nSPS) is 24.6. The van der Waals surface area contributed by atoms with Gasteiger partial charge in [-0.15, -0.1) is 0 Å². The van der Waals surface area contributed by atoms with Crippen LogP contribution in [0.15, 0.2) is 44.7 Å². The van der Waals surface area contributed by atoms with E-state index in [4.69, 9.17) is 4.43 Å². The van der Waals surface area contributed by atoms with E-state index >= 15 is 0 Å². The van der Waals surface area contributed by atoms with Crippen molar-refractivity contribution in [1.29, 1.82) is 0 Å². The van der Waals surface area contributed by atoms with Crippen molar-refractivity contribution >= 4 is 20.1 Å². The Hall–Kier alpha value is 0.781. The van der Waals surface area contributed by atoms with E-state index in [1.54, 1.807) is 0 Å². The number of hydrogen-bond donors (Lipinski definition) is 0. The molecule has 21 heavy (non-hydrogen) atoms. The Morgan fingerprint density at radius 2 is 1.90 bits per heavy atom. The van der Waals surface area contributed by atoms with Crippen molar-refractivity contribution in [1.82, 2.24) is 0 Å². The van der Waals surface area contributed by atoms with Crippen LogP contribution in [-0.4, -0.2) is 13.3 Å². The van der Waals surface area contributed by atoms with E-state index in [1.165, 1.54) is 14.4 Å². The standard InChI is InChI=1S/C15H21OSSi.2ClH.Ti/c1-13-9-7-8-12-15(13,16-18(2,3)4)17-14-10-5-6-11-14;;;/h5,7-10H,6,12H2,1-4H3;2*1H;/q;;;+2/p-2. The van der Waals surface area contributed by atoms with Gasteiger partial charge in [0.25, 0.3) is 0 Å². The number of halogens is 2. The molecule has 0 amide bonds. The van der Waals surface area contributed by atoms with Crippen LogP contribution < -0.4 is 24.8 Å². The minimum Gasteiger partial charge on any atom is -1.00 e. The van der Waals surface area contributed by atoms with Gasteiger partial charge in [-0.05, 0) is 0 Å². The smallest absolute Gasteiger partial charge is 1.00 e. The van der Waals surface area contributed by atoms with Gasteiger partial charge < -0.3 is 24.8 Å². The molecule has 6 heteroatoms. The Morgan fingerprint density at radius 1 is 1.24 bits per heavy atom. The van der Waals surface area contributed by atoms with Gasteiger partial charge >= 0.3 is 134 Å². The third kappa shape index (κ3) is 5.73. The zero-order valence-electron chi connectivity index (χ0n) is 12.9. The largest absolute Gasteiger partial charge is 1.00 e. The molecule has 0 aromatic heterocycles. The zero-order valence-corrected chi connectivity index (χ0v) is 17.8. The summed E-state index contributed by atoms with van der Waals surface area (Å²) in [6.07, 6.45) is 13.1. The van der Waals surface area contributed by atoms with Crippen molar-refractivity contribution < 1.29 is 49.7 Å². The van der Waals surface area contributed by atoms with Crippen LogP contribution in [0.1, 0.15) is 19.8 Å². The van der Waals surface area contributed by atoms with E-state index in [9.17, 15) is 0 Å².